The fraction of sp³-hybridized carbons (Fsp3) is 0.625. The summed E-state index contributed by atoms with van der Waals surface area (Å²) in [6.45, 7) is 4.18. The molecule has 0 radical (unpaired) electrons. The smallest absolute Gasteiger partial charge is 0.0740 e. The number of fused-ring (bicyclic) bond motifs is 1. The van der Waals surface area contributed by atoms with Gasteiger partial charge in [0.05, 0.1) is 5.60 Å². The van der Waals surface area contributed by atoms with Crippen molar-refractivity contribution >= 4 is 0 Å². The fourth-order valence-electron chi connectivity index (χ4n) is 3.56. The van der Waals surface area contributed by atoms with Gasteiger partial charge >= 0.3 is 0 Å². The van der Waals surface area contributed by atoms with Gasteiger partial charge in [0.2, 0.25) is 0 Å². The minimum Gasteiger partial charge on any atom is -0.375 e. The summed E-state index contributed by atoms with van der Waals surface area (Å²) in [6, 6.07) is 9.50. The topological polar surface area (TPSA) is 21.3 Å². The summed E-state index contributed by atoms with van der Waals surface area (Å²) in [5, 5.41) is 3.60. The van der Waals surface area contributed by atoms with E-state index in [-0.39, 0.29) is 5.60 Å². The molecule has 1 aromatic rings. The fourth-order valence-corrected chi connectivity index (χ4v) is 3.56. The first-order valence-corrected chi connectivity index (χ1v) is 7.25. The zero-order valence-corrected chi connectivity index (χ0v) is 11.2. The van der Waals surface area contributed by atoms with Gasteiger partial charge in [0.15, 0.2) is 0 Å². The van der Waals surface area contributed by atoms with Crippen LogP contribution in [-0.4, -0.2) is 24.8 Å². The third-order valence-corrected chi connectivity index (χ3v) is 4.47. The zero-order valence-electron chi connectivity index (χ0n) is 11.2. The molecule has 0 saturated carbocycles. The molecule has 1 saturated heterocycles. The third-order valence-electron chi connectivity index (χ3n) is 4.47. The number of hydrogen-bond acceptors (Lipinski definition) is 2. The number of ether oxygens (including phenoxy) is 1. The lowest BCUT2D eigenvalue weighted by Gasteiger charge is -2.44. The largest absolute Gasteiger partial charge is 0.375 e. The highest BCUT2D eigenvalue weighted by atomic mass is 16.5. The van der Waals surface area contributed by atoms with Crippen LogP contribution in [0.2, 0.25) is 0 Å². The van der Waals surface area contributed by atoms with Crippen molar-refractivity contribution in [3.05, 3.63) is 35.4 Å². The second-order valence-corrected chi connectivity index (χ2v) is 5.72. The quantitative estimate of drug-likeness (QED) is 0.865. The Balaban J connectivity index is 1.77. The SMILES string of the molecule is CCNC1CCOC2(CCc3ccccc3C2)C1. The normalized spacial score (nSPS) is 31.3. The Bertz CT molecular complexity index is 415. The highest BCUT2D eigenvalue weighted by molar-refractivity contribution is 5.31. The van der Waals surface area contributed by atoms with Gasteiger partial charge in [-0.2, -0.15) is 0 Å². The zero-order chi connectivity index (χ0) is 12.4. The molecule has 2 atom stereocenters. The number of rotatable bonds is 2. The molecular weight excluding hydrogens is 222 g/mol. The summed E-state index contributed by atoms with van der Waals surface area (Å²) in [4.78, 5) is 0. The molecule has 1 N–H and O–H groups in total. The Hall–Kier alpha value is -0.860. The van der Waals surface area contributed by atoms with Crippen LogP contribution < -0.4 is 5.32 Å². The molecule has 1 spiro atoms. The molecule has 1 fully saturated rings. The minimum atomic E-state index is 0.111. The molecule has 0 aromatic heterocycles. The van der Waals surface area contributed by atoms with Crippen molar-refractivity contribution in [1.29, 1.82) is 0 Å². The average Bonchev–Trinajstić information content (AvgIpc) is 2.39. The van der Waals surface area contributed by atoms with Gasteiger partial charge in [0, 0.05) is 19.1 Å². The molecule has 2 unspecified atom stereocenters. The molecule has 1 aromatic carbocycles. The molecule has 2 nitrogen and oxygen atoms in total. The molecule has 98 valence electrons. The third kappa shape index (κ3) is 2.32. The van der Waals surface area contributed by atoms with Crippen LogP contribution in [0.3, 0.4) is 0 Å². The number of hydrogen-bond donors (Lipinski definition) is 1. The second kappa shape index (κ2) is 5.02. The molecule has 2 aliphatic rings. The van der Waals surface area contributed by atoms with Crippen LogP contribution in [0.1, 0.15) is 37.3 Å². The summed E-state index contributed by atoms with van der Waals surface area (Å²) in [6.07, 6.45) is 5.80. The maximum Gasteiger partial charge on any atom is 0.0740 e. The van der Waals surface area contributed by atoms with Crippen molar-refractivity contribution in [2.75, 3.05) is 13.2 Å². The van der Waals surface area contributed by atoms with Crippen molar-refractivity contribution in [2.45, 2.75) is 50.7 Å². The van der Waals surface area contributed by atoms with E-state index in [0.717, 1.165) is 26.0 Å². The van der Waals surface area contributed by atoms with Crippen molar-refractivity contribution < 1.29 is 4.74 Å². The van der Waals surface area contributed by atoms with Crippen molar-refractivity contribution in [1.82, 2.24) is 5.32 Å². The monoisotopic (exact) mass is 245 g/mol. The van der Waals surface area contributed by atoms with Crippen LogP contribution in [-0.2, 0) is 17.6 Å². The number of benzene rings is 1. The van der Waals surface area contributed by atoms with Crippen LogP contribution in [0.25, 0.3) is 0 Å². The summed E-state index contributed by atoms with van der Waals surface area (Å²) in [7, 11) is 0. The van der Waals surface area contributed by atoms with Crippen molar-refractivity contribution in [2.24, 2.45) is 0 Å². The Kier molecular flexibility index (Phi) is 3.40. The summed E-state index contributed by atoms with van der Waals surface area (Å²) in [5.41, 5.74) is 3.14. The van der Waals surface area contributed by atoms with Gasteiger partial charge < -0.3 is 10.1 Å². The lowest BCUT2D eigenvalue weighted by Crippen LogP contribution is -2.49. The van der Waals surface area contributed by atoms with E-state index in [1.54, 1.807) is 0 Å². The van der Waals surface area contributed by atoms with Crippen LogP contribution in [0, 0.1) is 0 Å². The van der Waals surface area contributed by atoms with E-state index in [9.17, 15) is 0 Å². The first-order valence-electron chi connectivity index (χ1n) is 7.25. The van der Waals surface area contributed by atoms with E-state index in [1.165, 1.54) is 30.4 Å². The summed E-state index contributed by atoms with van der Waals surface area (Å²) >= 11 is 0. The summed E-state index contributed by atoms with van der Waals surface area (Å²) < 4.78 is 6.20. The predicted octanol–water partition coefficient (Wildman–Crippen LogP) is 2.70. The molecule has 0 amide bonds. The van der Waals surface area contributed by atoms with E-state index < -0.39 is 0 Å². The lowest BCUT2D eigenvalue weighted by molar-refractivity contribution is -0.0960. The second-order valence-electron chi connectivity index (χ2n) is 5.72. The van der Waals surface area contributed by atoms with E-state index in [0.29, 0.717) is 6.04 Å². The molecule has 1 aliphatic heterocycles. The van der Waals surface area contributed by atoms with Crippen LogP contribution in [0.15, 0.2) is 24.3 Å². The minimum absolute atomic E-state index is 0.111. The van der Waals surface area contributed by atoms with Gasteiger partial charge in [-0.25, -0.2) is 0 Å². The Morgan fingerprint density at radius 3 is 3.00 bits per heavy atom. The summed E-state index contributed by atoms with van der Waals surface area (Å²) in [5.74, 6) is 0. The first-order chi connectivity index (χ1) is 8.81. The molecule has 3 rings (SSSR count). The maximum atomic E-state index is 6.20. The van der Waals surface area contributed by atoms with Gasteiger partial charge in [0.25, 0.3) is 0 Å². The van der Waals surface area contributed by atoms with Gasteiger partial charge in [-0.3, -0.25) is 0 Å². The maximum absolute atomic E-state index is 6.20. The molecule has 2 heteroatoms. The Morgan fingerprint density at radius 1 is 1.33 bits per heavy atom. The highest BCUT2D eigenvalue weighted by Crippen LogP contribution is 2.37. The standard InChI is InChI=1S/C16H23NO/c1-2-17-15-8-10-18-16(12-15)9-7-13-5-3-4-6-14(13)11-16/h3-6,15,17H,2,7-12H2,1H3. The van der Waals surface area contributed by atoms with E-state index >= 15 is 0 Å². The molecule has 18 heavy (non-hydrogen) atoms. The van der Waals surface area contributed by atoms with Crippen LogP contribution >= 0.6 is 0 Å². The molecule has 1 heterocycles. The van der Waals surface area contributed by atoms with E-state index in [1.807, 2.05) is 0 Å². The van der Waals surface area contributed by atoms with Gasteiger partial charge in [-0.05, 0) is 43.4 Å². The van der Waals surface area contributed by atoms with Crippen LogP contribution in [0.5, 0.6) is 0 Å². The molecule has 1 aliphatic carbocycles. The lowest BCUT2D eigenvalue weighted by atomic mass is 9.75. The van der Waals surface area contributed by atoms with E-state index in [4.69, 9.17) is 4.74 Å². The molecular formula is C16H23NO. The van der Waals surface area contributed by atoms with Gasteiger partial charge in [-0.15, -0.1) is 0 Å². The first kappa shape index (κ1) is 12.2. The van der Waals surface area contributed by atoms with Crippen molar-refractivity contribution in [3.8, 4) is 0 Å². The average molecular weight is 245 g/mol. The van der Waals surface area contributed by atoms with Crippen LogP contribution in [0.4, 0.5) is 0 Å². The Labute approximate surface area is 110 Å². The highest BCUT2D eigenvalue weighted by Gasteiger charge is 2.39. The predicted molar refractivity (Wildman–Crippen MR) is 73.8 cm³/mol. The number of nitrogens with one attached hydrogen (secondary N) is 1. The van der Waals surface area contributed by atoms with Crippen molar-refractivity contribution in [3.63, 3.8) is 0 Å². The number of aryl methyl sites for hydroxylation is 1. The van der Waals surface area contributed by atoms with Gasteiger partial charge in [-0.1, -0.05) is 31.2 Å². The van der Waals surface area contributed by atoms with Gasteiger partial charge in [0.1, 0.15) is 0 Å². The molecule has 0 bridgehead atoms. The Morgan fingerprint density at radius 2 is 2.17 bits per heavy atom. The van der Waals surface area contributed by atoms with E-state index in [2.05, 4.69) is 36.5 Å².